The lowest BCUT2D eigenvalue weighted by molar-refractivity contribution is -0.491. The van der Waals surface area contributed by atoms with E-state index >= 15 is 0 Å². The van der Waals surface area contributed by atoms with Gasteiger partial charge in [0.15, 0.2) is 56.1 Å². The molecular formula is C54H90O48. The molecule has 45 atom stereocenters. The van der Waals surface area contributed by atoms with Crippen LogP contribution in [0.4, 0.5) is 0 Å². The standard InChI is InChI=1S/C54H90O48/c55-1-10-19(64)25(70)43(79)52(82,97-10)100-40-31(76)49-88-17(8-62)38(40)95-51-33(78)42(102-54(84)45(81)27(72)21(66)12(3-57)99-54)39(18(9-63)90-51)96-50-32(77)41(101-53(83)44(80)26(71)20(65)11(2-56)98-53)37(16(7-61)89-50)94-48-30(75)24(69)35(14(5-59)87-48)92-46-28(73)22(67)34(13(4-58)85-46)91-47-29(74)23(68)36(93-49)15(6-60)86-47/h10-51,55-84H,1-9H2/t10-,11-,12-,13-,14-,15-,16-,17-,18-,19-,20-,21-,22?,23?,24?,25+,26+,27+,28?,29?,30?,31?,32?,33?,34-,35-,36-,37-,38-,39?,40?,41?,42?,43-,44-,45-,46-,47-,48-,49-,50?,51-,52?,53?,54?/m1/s1. The molecule has 30 N–H and O–H groups in total. The maximum atomic E-state index is 12.6. The van der Waals surface area contributed by atoms with Crippen LogP contribution in [-0.4, -0.2) is 488 Å². The molecule has 0 aromatic rings. The van der Waals surface area contributed by atoms with E-state index in [-0.39, 0.29) is 0 Å². The molecule has 0 aliphatic carbocycles. The monoisotopic (exact) mass is 1510 g/mol. The third-order valence-corrected chi connectivity index (χ3v) is 19.3. The summed E-state index contributed by atoms with van der Waals surface area (Å²) in [7, 11) is 0. The van der Waals surface area contributed by atoms with E-state index in [9.17, 15) is 153 Å². The molecule has 25 heterocycles. The summed E-state index contributed by atoms with van der Waals surface area (Å²) in [6.45, 7) is -11.9. The Hall–Kier alpha value is -1.92. The maximum absolute atomic E-state index is 12.6. The van der Waals surface area contributed by atoms with Gasteiger partial charge in [-0.25, -0.2) is 0 Å². The molecule has 48 nitrogen and oxygen atoms in total. The highest BCUT2D eigenvalue weighted by Gasteiger charge is 2.66. The predicted molar refractivity (Wildman–Crippen MR) is 297 cm³/mol. The van der Waals surface area contributed by atoms with Gasteiger partial charge in [0, 0.05) is 0 Å². The second kappa shape index (κ2) is 33.3. The van der Waals surface area contributed by atoms with Gasteiger partial charge in [0.05, 0.1) is 59.5 Å². The Morgan fingerprint density at radius 3 is 0.569 bits per heavy atom. The van der Waals surface area contributed by atoms with Crippen molar-refractivity contribution in [2.75, 3.05) is 59.5 Å². The maximum Gasteiger partial charge on any atom is 0.311 e. The predicted octanol–water partition coefficient (Wildman–Crippen LogP) is -21.6. The smallest absolute Gasteiger partial charge is 0.311 e. The molecule has 0 radical (unpaired) electrons. The first-order valence-electron chi connectivity index (χ1n) is 32.0. The van der Waals surface area contributed by atoms with Crippen LogP contribution in [0, 0.1) is 0 Å². The molecule has 0 amide bonds. The molecule has 25 saturated heterocycles. The third kappa shape index (κ3) is 15.5. The molecule has 48 heteroatoms. The van der Waals surface area contributed by atoms with E-state index in [1.54, 1.807) is 0 Å². The van der Waals surface area contributed by atoms with Crippen molar-refractivity contribution in [3.63, 3.8) is 0 Å². The van der Waals surface area contributed by atoms with Gasteiger partial charge in [-0.15, -0.1) is 0 Å². The van der Waals surface area contributed by atoms with Crippen LogP contribution in [0.5, 0.6) is 0 Å². The number of rotatable bonds is 15. The molecule has 0 spiro atoms. The van der Waals surface area contributed by atoms with Gasteiger partial charge < -0.3 is 238 Å². The van der Waals surface area contributed by atoms with E-state index in [4.69, 9.17) is 85.3 Å². The second-order valence-corrected chi connectivity index (χ2v) is 25.8. The Morgan fingerprint density at radius 1 is 0.196 bits per heavy atom. The topological polar surface area (TPSA) is 773 Å². The summed E-state index contributed by atoms with van der Waals surface area (Å²) in [6.07, 6.45) is -102. The average Bonchev–Trinajstić information content (AvgIpc) is 0.753. The Labute approximate surface area is 572 Å². The number of ether oxygens (including phenoxy) is 18. The number of aliphatic hydroxyl groups is 30. The lowest BCUT2D eigenvalue weighted by Crippen LogP contribution is -2.73. The molecule has 12 bridgehead atoms. The lowest BCUT2D eigenvalue weighted by atomic mass is 9.93. The summed E-state index contributed by atoms with van der Waals surface area (Å²) in [5.74, 6) is -11.4. The molecule has 0 aromatic carbocycles. The van der Waals surface area contributed by atoms with Crippen molar-refractivity contribution in [3.8, 4) is 0 Å². The number of hydrogen-bond donors (Lipinski definition) is 30. The van der Waals surface area contributed by atoms with E-state index in [0.717, 1.165) is 0 Å². The number of aliphatic hydroxyl groups excluding tert-OH is 27. The normalized spacial score (nSPS) is 55.9. The van der Waals surface area contributed by atoms with Crippen molar-refractivity contribution in [2.24, 2.45) is 0 Å². The summed E-state index contributed by atoms with van der Waals surface area (Å²) in [5.41, 5.74) is 0. The van der Waals surface area contributed by atoms with E-state index < -0.39 is 335 Å². The van der Waals surface area contributed by atoms with Gasteiger partial charge in [-0.1, -0.05) is 0 Å². The largest absolute Gasteiger partial charge is 0.394 e. The van der Waals surface area contributed by atoms with Gasteiger partial charge in [-0.3, -0.25) is 0 Å². The number of hydrogen-bond acceptors (Lipinski definition) is 48. The van der Waals surface area contributed by atoms with Crippen molar-refractivity contribution in [2.45, 2.75) is 275 Å². The first-order chi connectivity index (χ1) is 48.2. The van der Waals surface area contributed by atoms with Crippen LogP contribution in [0.25, 0.3) is 0 Å². The fourth-order valence-corrected chi connectivity index (χ4v) is 13.5. The minimum absolute atomic E-state index is 1.18. The summed E-state index contributed by atoms with van der Waals surface area (Å²) >= 11 is 0. The Bertz CT molecular complexity index is 2580. The van der Waals surface area contributed by atoms with Crippen LogP contribution in [0.3, 0.4) is 0 Å². The molecule has 25 aliphatic heterocycles. The lowest BCUT2D eigenvalue weighted by Gasteiger charge is -2.54. The molecule has 17 unspecified atom stereocenters. The van der Waals surface area contributed by atoms with Crippen LogP contribution in [0.2, 0.25) is 0 Å². The Kier molecular flexibility index (Phi) is 27.0. The summed E-state index contributed by atoms with van der Waals surface area (Å²) < 4.78 is 104. The van der Waals surface area contributed by atoms with Gasteiger partial charge in [-0.05, 0) is 0 Å². The van der Waals surface area contributed by atoms with E-state index in [1.165, 1.54) is 0 Å². The van der Waals surface area contributed by atoms with Gasteiger partial charge in [0.2, 0.25) is 0 Å². The minimum Gasteiger partial charge on any atom is -0.394 e. The van der Waals surface area contributed by atoms with Crippen LogP contribution in [-0.2, 0) is 85.3 Å². The fraction of sp³-hybridized carbons (Fsp3) is 1.00. The molecule has 594 valence electrons. The van der Waals surface area contributed by atoms with Crippen LogP contribution in [0.15, 0.2) is 0 Å². The zero-order chi connectivity index (χ0) is 74.8. The van der Waals surface area contributed by atoms with Crippen molar-refractivity contribution in [3.05, 3.63) is 0 Å². The van der Waals surface area contributed by atoms with Crippen molar-refractivity contribution >= 4 is 0 Å². The molecule has 0 saturated carbocycles. The highest BCUT2D eigenvalue weighted by atomic mass is 16.9. The third-order valence-electron chi connectivity index (χ3n) is 19.3. The van der Waals surface area contributed by atoms with Gasteiger partial charge in [0.25, 0.3) is 0 Å². The highest BCUT2D eigenvalue weighted by molar-refractivity contribution is 5.05. The summed E-state index contributed by atoms with van der Waals surface area (Å²) in [4.78, 5) is 0. The average molecular weight is 1510 g/mol. The van der Waals surface area contributed by atoms with Crippen molar-refractivity contribution in [1.82, 2.24) is 0 Å². The first kappa shape index (κ1) is 82.6. The van der Waals surface area contributed by atoms with E-state index in [2.05, 4.69) is 0 Å². The van der Waals surface area contributed by atoms with Crippen molar-refractivity contribution < 1.29 is 238 Å². The van der Waals surface area contributed by atoms with E-state index in [0.29, 0.717) is 0 Å². The van der Waals surface area contributed by atoms with Crippen LogP contribution >= 0.6 is 0 Å². The highest BCUT2D eigenvalue weighted by Crippen LogP contribution is 2.44. The van der Waals surface area contributed by atoms with Gasteiger partial charge >= 0.3 is 17.9 Å². The fourth-order valence-electron chi connectivity index (χ4n) is 13.5. The molecule has 25 aliphatic rings. The van der Waals surface area contributed by atoms with Gasteiger partial charge in [-0.2, -0.15) is 0 Å². The summed E-state index contributed by atoms with van der Waals surface area (Å²) in [6, 6.07) is 0. The Balaban J connectivity index is 1.10. The second-order valence-electron chi connectivity index (χ2n) is 25.8. The minimum atomic E-state index is -3.86. The van der Waals surface area contributed by atoms with Gasteiger partial charge in [0.1, 0.15) is 201 Å². The molecule has 102 heavy (non-hydrogen) atoms. The van der Waals surface area contributed by atoms with Crippen molar-refractivity contribution in [1.29, 1.82) is 0 Å². The molecule has 0 aromatic heterocycles. The van der Waals surface area contributed by atoms with Crippen LogP contribution < -0.4 is 0 Å². The molecule has 25 fully saturated rings. The molecule has 25 rings (SSSR count). The summed E-state index contributed by atoms with van der Waals surface area (Å²) in [5, 5.41) is 338. The Morgan fingerprint density at radius 2 is 0.373 bits per heavy atom. The zero-order valence-electron chi connectivity index (χ0n) is 52.9. The SMILES string of the molecule is OC[C@H]1O[C@@H]2O[C@H]3C(OC4(O)O[C@H](CO)[C@@H](O)[C@H](O)[C@H]4O)C(O)[C@H](O[C@@H]3CO)O[C@H]3C(O)C(O)[C@H](O[C@@H]3CO)O[C@H]3C(O)C(O)[C@H](O[C@@H]3CO)O[C@H]3C(O)C(O)[C@H](O[C@@H]3CO)O[C@H]3C(OC4(O)O[C@H](CO)[C@@H](O)[C@H](O)[C@H]4O)C(O)C(OC1C(OC1(O)O[C@H](CO)[C@@H](O)[C@H](O)[C@H]1O)C2O)O[C@@H]3CO. The first-order valence-corrected chi connectivity index (χ1v) is 32.0. The zero-order valence-corrected chi connectivity index (χ0v) is 52.9. The molecular weight excluding hydrogens is 1420 g/mol. The van der Waals surface area contributed by atoms with E-state index in [1.807, 2.05) is 0 Å². The quantitative estimate of drug-likeness (QED) is 0.0677. The van der Waals surface area contributed by atoms with Crippen LogP contribution in [0.1, 0.15) is 0 Å².